The summed E-state index contributed by atoms with van der Waals surface area (Å²) in [4.78, 5) is 24.1. The van der Waals surface area contributed by atoms with Gasteiger partial charge in [-0.05, 0) is 30.3 Å². The number of nitrogens with zero attached hydrogens (tertiary/aromatic N) is 2. The fourth-order valence-corrected chi connectivity index (χ4v) is 2.68. The topological polar surface area (TPSA) is 94.3 Å². The van der Waals surface area contributed by atoms with Crippen LogP contribution in [0.2, 0.25) is 5.02 Å². The predicted molar refractivity (Wildman–Crippen MR) is 103 cm³/mol. The average molecular weight is 400 g/mol. The number of carbonyl (C=O) groups excluding carboxylic acids is 2. The number of hydrogen-bond donors (Lipinski definition) is 1. The Kier molecular flexibility index (Phi) is 6.39. The van der Waals surface area contributed by atoms with Crippen LogP contribution >= 0.6 is 11.6 Å². The number of amides is 1. The third kappa shape index (κ3) is 5.17. The number of rotatable bonds is 8. The van der Waals surface area contributed by atoms with Gasteiger partial charge in [0.15, 0.2) is 5.78 Å². The van der Waals surface area contributed by atoms with E-state index in [0.29, 0.717) is 22.2 Å². The van der Waals surface area contributed by atoms with Gasteiger partial charge in [0.1, 0.15) is 5.75 Å². The highest BCUT2D eigenvalue weighted by Gasteiger charge is 2.12. The van der Waals surface area contributed by atoms with Gasteiger partial charge in [0, 0.05) is 29.0 Å². The number of aromatic nitrogens is 2. The average Bonchev–Trinajstić information content (AvgIpc) is 3.19. The van der Waals surface area contributed by atoms with Crippen LogP contribution in [0.25, 0.3) is 11.5 Å². The summed E-state index contributed by atoms with van der Waals surface area (Å²) in [5.41, 5.74) is 1.21. The van der Waals surface area contributed by atoms with Crippen molar-refractivity contribution in [3.8, 4) is 17.2 Å². The molecule has 3 aromatic rings. The minimum absolute atomic E-state index is 0.0578. The molecule has 28 heavy (non-hydrogen) atoms. The Morgan fingerprint density at radius 1 is 1.11 bits per heavy atom. The predicted octanol–water partition coefficient (Wildman–Crippen LogP) is 3.68. The zero-order valence-electron chi connectivity index (χ0n) is 15.1. The van der Waals surface area contributed by atoms with Crippen LogP contribution in [0.4, 0.5) is 0 Å². The number of Topliss-reactive ketones (excluding diaryl/α,β-unsaturated/α-hetero) is 1. The highest BCUT2D eigenvalue weighted by Crippen LogP contribution is 2.22. The van der Waals surface area contributed by atoms with Crippen LogP contribution < -0.4 is 10.1 Å². The molecule has 0 aliphatic heterocycles. The molecule has 0 unspecified atom stereocenters. The third-order valence-corrected chi connectivity index (χ3v) is 4.18. The lowest BCUT2D eigenvalue weighted by atomic mass is 10.1. The van der Waals surface area contributed by atoms with Crippen LogP contribution in [0.5, 0.6) is 5.75 Å². The largest absolute Gasteiger partial charge is 0.497 e. The van der Waals surface area contributed by atoms with Crippen molar-refractivity contribution in [3.05, 3.63) is 65.0 Å². The van der Waals surface area contributed by atoms with Gasteiger partial charge in [0.2, 0.25) is 17.7 Å². The fraction of sp³-hybridized carbons (Fsp3) is 0.200. The summed E-state index contributed by atoms with van der Waals surface area (Å²) in [6.45, 7) is 0.0845. The van der Waals surface area contributed by atoms with Crippen molar-refractivity contribution in [3.63, 3.8) is 0 Å². The van der Waals surface area contributed by atoms with Crippen LogP contribution in [0.15, 0.2) is 52.9 Å². The molecule has 0 fully saturated rings. The van der Waals surface area contributed by atoms with E-state index in [1.807, 2.05) is 18.2 Å². The van der Waals surface area contributed by atoms with Crippen molar-refractivity contribution in [2.45, 2.75) is 19.4 Å². The molecule has 2 aromatic carbocycles. The second kappa shape index (κ2) is 9.14. The van der Waals surface area contributed by atoms with Crippen molar-refractivity contribution < 1.29 is 18.7 Å². The fourth-order valence-electron chi connectivity index (χ4n) is 2.49. The summed E-state index contributed by atoms with van der Waals surface area (Å²) in [6.07, 6.45) is 0.146. The van der Waals surface area contributed by atoms with Gasteiger partial charge in [-0.3, -0.25) is 9.59 Å². The van der Waals surface area contributed by atoms with E-state index >= 15 is 0 Å². The molecule has 1 N–H and O–H groups in total. The molecule has 3 rings (SSSR count). The Bertz CT molecular complexity index is 987. The smallest absolute Gasteiger partial charge is 0.247 e. The maximum absolute atomic E-state index is 12.1. The first-order chi connectivity index (χ1) is 13.5. The number of benzene rings is 2. The summed E-state index contributed by atoms with van der Waals surface area (Å²) >= 11 is 5.87. The number of ketones is 1. The van der Waals surface area contributed by atoms with Gasteiger partial charge < -0.3 is 14.5 Å². The molecule has 1 heterocycles. The van der Waals surface area contributed by atoms with Crippen molar-refractivity contribution in [2.75, 3.05) is 7.11 Å². The third-order valence-electron chi connectivity index (χ3n) is 3.95. The normalized spacial score (nSPS) is 10.5. The molecular weight excluding hydrogens is 382 g/mol. The molecule has 0 saturated carbocycles. The molecule has 144 valence electrons. The molecule has 0 atom stereocenters. The summed E-state index contributed by atoms with van der Waals surface area (Å²) < 4.78 is 10.7. The van der Waals surface area contributed by atoms with Crippen molar-refractivity contribution in [1.82, 2.24) is 15.5 Å². The maximum Gasteiger partial charge on any atom is 0.247 e. The van der Waals surface area contributed by atoms with E-state index in [2.05, 4.69) is 15.5 Å². The van der Waals surface area contributed by atoms with E-state index in [4.69, 9.17) is 20.8 Å². The van der Waals surface area contributed by atoms with Gasteiger partial charge >= 0.3 is 0 Å². The van der Waals surface area contributed by atoms with Gasteiger partial charge in [-0.25, -0.2) is 0 Å². The van der Waals surface area contributed by atoms with E-state index in [1.165, 1.54) is 0 Å². The summed E-state index contributed by atoms with van der Waals surface area (Å²) in [5.74, 6) is 0.855. The highest BCUT2D eigenvalue weighted by molar-refractivity contribution is 6.31. The van der Waals surface area contributed by atoms with Crippen LogP contribution in [0, 0.1) is 0 Å². The lowest BCUT2D eigenvalue weighted by Crippen LogP contribution is -2.23. The first kappa shape index (κ1) is 19.6. The monoisotopic (exact) mass is 399 g/mol. The van der Waals surface area contributed by atoms with Crippen molar-refractivity contribution in [1.29, 1.82) is 0 Å². The van der Waals surface area contributed by atoms with E-state index in [1.54, 1.807) is 37.4 Å². The Labute approximate surface area is 166 Å². The van der Waals surface area contributed by atoms with Crippen molar-refractivity contribution in [2.24, 2.45) is 0 Å². The van der Waals surface area contributed by atoms with E-state index < -0.39 is 0 Å². The van der Waals surface area contributed by atoms with Gasteiger partial charge in [0.05, 0.1) is 13.7 Å². The van der Waals surface area contributed by atoms with E-state index in [-0.39, 0.29) is 37.0 Å². The van der Waals surface area contributed by atoms with Gasteiger partial charge in [0.25, 0.3) is 0 Å². The number of nitrogens with one attached hydrogen (secondary N) is 1. The SMILES string of the molecule is COc1cccc(-c2nnc(CNC(=O)CCC(=O)c3cccc(Cl)c3)o2)c1. The van der Waals surface area contributed by atoms with Gasteiger partial charge in [-0.1, -0.05) is 29.8 Å². The van der Waals surface area contributed by atoms with Crippen LogP contribution in [-0.4, -0.2) is 29.0 Å². The van der Waals surface area contributed by atoms with Crippen LogP contribution in [0.1, 0.15) is 29.1 Å². The first-order valence-electron chi connectivity index (χ1n) is 8.57. The van der Waals surface area contributed by atoms with Gasteiger partial charge in [-0.15, -0.1) is 10.2 Å². The molecule has 0 aliphatic rings. The molecule has 0 radical (unpaired) electrons. The molecular formula is C20H18ClN3O4. The summed E-state index contributed by atoms with van der Waals surface area (Å²) in [7, 11) is 1.57. The lowest BCUT2D eigenvalue weighted by Gasteiger charge is -2.03. The molecule has 0 aliphatic carbocycles. The quantitative estimate of drug-likeness (QED) is 0.580. The number of ether oxygens (including phenoxy) is 1. The molecule has 7 nitrogen and oxygen atoms in total. The number of methoxy groups -OCH3 is 1. The standard InChI is InChI=1S/C20H18ClN3O4/c1-27-16-7-3-5-14(11-16)20-24-23-19(28-20)12-22-18(26)9-8-17(25)13-4-2-6-15(21)10-13/h2-7,10-11H,8-9,12H2,1H3,(H,22,26). The molecule has 0 spiro atoms. The lowest BCUT2D eigenvalue weighted by molar-refractivity contribution is -0.121. The van der Waals surface area contributed by atoms with Gasteiger partial charge in [-0.2, -0.15) is 0 Å². The Hall–Kier alpha value is -3.19. The van der Waals surface area contributed by atoms with E-state index in [0.717, 1.165) is 5.56 Å². The molecule has 1 aromatic heterocycles. The maximum atomic E-state index is 12.1. The Balaban J connectivity index is 1.50. The zero-order valence-corrected chi connectivity index (χ0v) is 15.9. The summed E-state index contributed by atoms with van der Waals surface area (Å²) in [5, 5.41) is 11.0. The first-order valence-corrected chi connectivity index (χ1v) is 8.95. The van der Waals surface area contributed by atoms with Crippen LogP contribution in [-0.2, 0) is 11.3 Å². The molecule has 1 amide bonds. The van der Waals surface area contributed by atoms with Crippen molar-refractivity contribution >= 4 is 23.3 Å². The molecule has 8 heteroatoms. The molecule has 0 saturated heterocycles. The Morgan fingerprint density at radius 2 is 1.93 bits per heavy atom. The highest BCUT2D eigenvalue weighted by atomic mass is 35.5. The minimum atomic E-state index is -0.281. The van der Waals surface area contributed by atoms with Crippen LogP contribution in [0.3, 0.4) is 0 Å². The molecule has 0 bridgehead atoms. The second-order valence-electron chi connectivity index (χ2n) is 5.94. The number of carbonyl (C=O) groups is 2. The summed E-state index contributed by atoms with van der Waals surface area (Å²) in [6, 6.07) is 13.9. The Morgan fingerprint density at radius 3 is 2.71 bits per heavy atom. The second-order valence-corrected chi connectivity index (χ2v) is 6.38. The number of hydrogen-bond acceptors (Lipinski definition) is 6. The zero-order chi connectivity index (χ0) is 19.9. The minimum Gasteiger partial charge on any atom is -0.497 e. The van der Waals surface area contributed by atoms with E-state index in [9.17, 15) is 9.59 Å². The number of halogens is 1.